The van der Waals surface area contributed by atoms with Crippen molar-refractivity contribution in [2.75, 3.05) is 6.54 Å². The third kappa shape index (κ3) is 6.61. The third-order valence-corrected chi connectivity index (χ3v) is 7.17. The molecule has 0 fully saturated rings. The third-order valence-electron chi connectivity index (χ3n) is 5.31. The van der Waals surface area contributed by atoms with Gasteiger partial charge in [-0.3, -0.25) is 4.98 Å². The van der Waals surface area contributed by atoms with Gasteiger partial charge in [0.25, 0.3) is 0 Å². The van der Waals surface area contributed by atoms with Crippen molar-refractivity contribution in [3.8, 4) is 5.75 Å². The van der Waals surface area contributed by atoms with Crippen LogP contribution < -0.4 is 4.74 Å². The average Bonchev–Trinajstić information content (AvgIpc) is 3.25. The molecule has 3 heterocycles. The van der Waals surface area contributed by atoms with Crippen LogP contribution in [0.4, 0.5) is 13.2 Å². The van der Waals surface area contributed by atoms with Crippen LogP contribution in [0.1, 0.15) is 42.3 Å². The highest BCUT2D eigenvalue weighted by Gasteiger charge is 2.38. The first-order valence-corrected chi connectivity index (χ1v) is 12.2. The van der Waals surface area contributed by atoms with Crippen molar-refractivity contribution in [3.63, 3.8) is 0 Å². The SMILES string of the molecule is CC(C)c1ccc(S(=O)(=O)N2CCc3onc(COc4cccnc4)c3C2)cc1.O=C(O)C(F)(F)F. The normalized spacial score (nSPS) is 14.1. The van der Waals surface area contributed by atoms with E-state index < -0.39 is 22.2 Å². The van der Waals surface area contributed by atoms with Crippen molar-refractivity contribution in [1.82, 2.24) is 14.4 Å². The maximum atomic E-state index is 13.1. The molecule has 0 saturated carbocycles. The number of carboxylic acids is 1. The molecule has 1 aliphatic rings. The Labute approximate surface area is 205 Å². The molecule has 0 saturated heterocycles. The lowest BCUT2D eigenvalue weighted by molar-refractivity contribution is -0.192. The number of sulfonamides is 1. The molecule has 0 spiro atoms. The lowest BCUT2D eigenvalue weighted by Gasteiger charge is -2.25. The lowest BCUT2D eigenvalue weighted by Crippen LogP contribution is -2.36. The molecular formula is C23H24F3N3O6S. The van der Waals surface area contributed by atoms with Gasteiger partial charge < -0.3 is 14.4 Å². The van der Waals surface area contributed by atoms with Gasteiger partial charge in [0, 0.05) is 31.3 Å². The first kappa shape index (κ1) is 27.1. The zero-order valence-corrected chi connectivity index (χ0v) is 20.2. The van der Waals surface area contributed by atoms with Crippen LogP contribution in [0, 0.1) is 0 Å². The van der Waals surface area contributed by atoms with Gasteiger partial charge in [0.1, 0.15) is 23.8 Å². The summed E-state index contributed by atoms with van der Waals surface area (Å²) in [6.45, 7) is 4.94. The highest BCUT2D eigenvalue weighted by atomic mass is 32.2. The minimum atomic E-state index is -5.08. The molecule has 0 bridgehead atoms. The van der Waals surface area contributed by atoms with Crippen LogP contribution in [0.5, 0.6) is 5.75 Å². The van der Waals surface area contributed by atoms with E-state index in [1.807, 2.05) is 12.1 Å². The van der Waals surface area contributed by atoms with Gasteiger partial charge in [0.15, 0.2) is 0 Å². The highest BCUT2D eigenvalue weighted by Crippen LogP contribution is 2.28. The molecule has 0 radical (unpaired) electrons. The minimum absolute atomic E-state index is 0.196. The minimum Gasteiger partial charge on any atom is -0.486 e. The van der Waals surface area contributed by atoms with Crippen molar-refractivity contribution in [2.45, 2.75) is 50.4 Å². The average molecular weight is 528 g/mol. The number of hydrogen-bond acceptors (Lipinski definition) is 7. The molecule has 4 rings (SSSR count). The zero-order valence-electron chi connectivity index (χ0n) is 19.4. The molecule has 1 aliphatic heterocycles. The summed E-state index contributed by atoms with van der Waals surface area (Å²) in [7, 11) is -3.60. The standard InChI is InChI=1S/C21H23N3O4S.C2HF3O2/c1-15(2)16-5-7-18(8-6-16)29(25,26)24-11-9-21-19(13-24)20(23-28-21)14-27-17-4-3-10-22-12-17;3-2(4,5)1(6)7/h3-8,10,12,15H,9,11,13-14H2,1-2H3;(H,6,7). The Hall–Kier alpha value is -3.45. The fraction of sp³-hybridized carbons (Fsp3) is 0.348. The van der Waals surface area contributed by atoms with Crippen LogP contribution in [0.25, 0.3) is 0 Å². The van der Waals surface area contributed by atoms with E-state index in [0.717, 1.165) is 16.9 Å². The quantitative estimate of drug-likeness (QED) is 0.507. The largest absolute Gasteiger partial charge is 0.490 e. The highest BCUT2D eigenvalue weighted by molar-refractivity contribution is 7.89. The predicted molar refractivity (Wildman–Crippen MR) is 121 cm³/mol. The Morgan fingerprint density at radius 3 is 2.44 bits per heavy atom. The smallest absolute Gasteiger partial charge is 0.486 e. The predicted octanol–water partition coefficient (Wildman–Crippen LogP) is 4.15. The van der Waals surface area contributed by atoms with Gasteiger partial charge in [0.05, 0.1) is 11.1 Å². The van der Waals surface area contributed by atoms with Crippen molar-refractivity contribution in [3.05, 3.63) is 71.4 Å². The molecule has 9 nitrogen and oxygen atoms in total. The fourth-order valence-electron chi connectivity index (χ4n) is 3.32. The van der Waals surface area contributed by atoms with Crippen molar-refractivity contribution in [2.24, 2.45) is 0 Å². The molecule has 0 amide bonds. The molecule has 3 aromatic rings. The molecule has 0 unspecified atom stereocenters. The van der Waals surface area contributed by atoms with Gasteiger partial charge in [-0.25, -0.2) is 13.2 Å². The monoisotopic (exact) mass is 527 g/mol. The summed E-state index contributed by atoms with van der Waals surface area (Å²) in [6.07, 6.45) is -1.32. The summed E-state index contributed by atoms with van der Waals surface area (Å²) in [5.74, 6) is -1.07. The number of hydrogen-bond donors (Lipinski definition) is 1. The second-order valence-corrected chi connectivity index (χ2v) is 10.1. The van der Waals surface area contributed by atoms with E-state index in [9.17, 15) is 21.6 Å². The summed E-state index contributed by atoms with van der Waals surface area (Å²) in [4.78, 5) is 13.2. The summed E-state index contributed by atoms with van der Waals surface area (Å²) in [5, 5.41) is 11.2. The summed E-state index contributed by atoms with van der Waals surface area (Å²) < 4.78 is 70.6. The Morgan fingerprint density at radius 1 is 1.22 bits per heavy atom. The number of halogens is 3. The van der Waals surface area contributed by atoms with Crippen molar-refractivity contribution >= 4 is 16.0 Å². The van der Waals surface area contributed by atoms with E-state index in [1.54, 1.807) is 36.7 Å². The molecule has 2 aromatic heterocycles. The van der Waals surface area contributed by atoms with Crippen LogP contribution in [0.2, 0.25) is 0 Å². The number of rotatable bonds is 6. The Balaban J connectivity index is 0.000000454. The molecule has 194 valence electrons. The molecular weight excluding hydrogens is 503 g/mol. The summed E-state index contributed by atoms with van der Waals surface area (Å²) in [5.41, 5.74) is 2.50. The van der Waals surface area contributed by atoms with Crippen LogP contribution in [-0.2, 0) is 34.4 Å². The Bertz CT molecular complexity index is 1280. The fourth-order valence-corrected chi connectivity index (χ4v) is 4.72. The second-order valence-electron chi connectivity index (χ2n) is 8.12. The van der Waals surface area contributed by atoms with Gasteiger partial charge in [-0.15, -0.1) is 0 Å². The molecule has 1 aromatic carbocycles. The number of carbonyl (C=O) groups is 1. The van der Waals surface area contributed by atoms with Crippen LogP contribution in [0.15, 0.2) is 58.2 Å². The van der Waals surface area contributed by atoms with E-state index >= 15 is 0 Å². The van der Waals surface area contributed by atoms with Crippen LogP contribution in [-0.4, -0.2) is 46.7 Å². The van der Waals surface area contributed by atoms with E-state index in [4.69, 9.17) is 19.2 Å². The van der Waals surface area contributed by atoms with E-state index in [-0.39, 0.29) is 13.2 Å². The number of alkyl halides is 3. The molecule has 0 aliphatic carbocycles. The maximum absolute atomic E-state index is 13.1. The molecule has 1 N–H and O–H groups in total. The molecule has 13 heteroatoms. The Morgan fingerprint density at radius 2 is 1.89 bits per heavy atom. The first-order valence-electron chi connectivity index (χ1n) is 10.8. The number of pyridine rings is 1. The number of aromatic nitrogens is 2. The number of benzene rings is 1. The van der Waals surface area contributed by atoms with E-state index in [2.05, 4.69) is 24.0 Å². The van der Waals surface area contributed by atoms with Crippen molar-refractivity contribution < 1.29 is 40.8 Å². The van der Waals surface area contributed by atoms with Gasteiger partial charge in [-0.1, -0.05) is 31.1 Å². The molecule has 36 heavy (non-hydrogen) atoms. The van der Waals surface area contributed by atoms with Gasteiger partial charge in [-0.05, 0) is 35.7 Å². The van der Waals surface area contributed by atoms with Gasteiger partial charge in [0.2, 0.25) is 10.0 Å². The number of fused-ring (bicyclic) bond motifs is 1. The number of nitrogens with zero attached hydrogens (tertiary/aromatic N) is 3. The zero-order chi connectivity index (χ0) is 26.5. The van der Waals surface area contributed by atoms with E-state index in [0.29, 0.717) is 35.2 Å². The van der Waals surface area contributed by atoms with Gasteiger partial charge >= 0.3 is 12.1 Å². The number of aliphatic carboxylic acids is 1. The van der Waals surface area contributed by atoms with Crippen LogP contribution >= 0.6 is 0 Å². The number of ether oxygens (including phenoxy) is 1. The lowest BCUT2D eigenvalue weighted by atomic mass is 10.0. The van der Waals surface area contributed by atoms with Crippen LogP contribution in [0.3, 0.4) is 0 Å². The topological polar surface area (TPSA) is 123 Å². The molecule has 0 atom stereocenters. The summed E-state index contributed by atoms with van der Waals surface area (Å²) >= 11 is 0. The van der Waals surface area contributed by atoms with Gasteiger partial charge in [-0.2, -0.15) is 17.5 Å². The maximum Gasteiger partial charge on any atom is 0.490 e. The first-order chi connectivity index (χ1) is 16.9. The van der Waals surface area contributed by atoms with E-state index in [1.165, 1.54) is 4.31 Å². The Kier molecular flexibility index (Phi) is 8.35. The second kappa shape index (κ2) is 11.1. The number of carboxylic acid groups (broad SMARTS) is 1. The van der Waals surface area contributed by atoms with Crippen molar-refractivity contribution in [1.29, 1.82) is 0 Å². The summed E-state index contributed by atoms with van der Waals surface area (Å²) in [6, 6.07) is 10.7.